The lowest BCUT2D eigenvalue weighted by Crippen LogP contribution is -2.53. The molecule has 1 aromatic heterocycles. The third-order valence-electron chi connectivity index (χ3n) is 3.45. The number of rotatable bonds is 2. The van der Waals surface area contributed by atoms with E-state index in [1.165, 1.54) is 0 Å². The lowest BCUT2D eigenvalue weighted by Gasteiger charge is -2.33. The molecular weight excluding hydrogens is 274 g/mol. The standard InChI is InChI=1S/C13H15N5O3/c14-7-1-2-9-8(5-7)12(20)17-13(16-9)18-3-4-21-6-10(18)11(15)19/h1-2,5,10H,3-4,6,14H2,(H2,15,19)(H,16,17,20). The number of nitrogens with one attached hydrogen (secondary N) is 1. The van der Waals surface area contributed by atoms with Crippen molar-refractivity contribution < 1.29 is 9.53 Å². The van der Waals surface area contributed by atoms with E-state index in [-0.39, 0.29) is 12.2 Å². The molecule has 110 valence electrons. The molecule has 5 N–H and O–H groups in total. The van der Waals surface area contributed by atoms with Crippen LogP contribution in [0.4, 0.5) is 11.6 Å². The van der Waals surface area contributed by atoms with Crippen LogP contribution in [0.2, 0.25) is 0 Å². The molecule has 1 aromatic carbocycles. The van der Waals surface area contributed by atoms with Crippen LogP contribution in [0, 0.1) is 0 Å². The Morgan fingerprint density at radius 2 is 2.29 bits per heavy atom. The SMILES string of the molecule is NC(=O)C1COCCN1c1nc2ccc(N)cc2c(=O)[nH]1. The Morgan fingerprint density at radius 3 is 3.05 bits per heavy atom. The van der Waals surface area contributed by atoms with E-state index in [9.17, 15) is 9.59 Å². The van der Waals surface area contributed by atoms with Crippen LogP contribution in [0.3, 0.4) is 0 Å². The number of benzene rings is 1. The van der Waals surface area contributed by atoms with E-state index in [2.05, 4.69) is 9.97 Å². The van der Waals surface area contributed by atoms with Crippen molar-refractivity contribution in [1.82, 2.24) is 9.97 Å². The third kappa shape index (κ3) is 2.40. The lowest BCUT2D eigenvalue weighted by atomic mass is 10.2. The molecule has 1 saturated heterocycles. The zero-order valence-electron chi connectivity index (χ0n) is 11.2. The summed E-state index contributed by atoms with van der Waals surface area (Å²) in [4.78, 5) is 32.4. The zero-order valence-corrected chi connectivity index (χ0v) is 11.2. The number of hydrogen-bond acceptors (Lipinski definition) is 6. The molecule has 21 heavy (non-hydrogen) atoms. The summed E-state index contributed by atoms with van der Waals surface area (Å²) in [5, 5.41) is 0.405. The number of amides is 1. The highest BCUT2D eigenvalue weighted by molar-refractivity contribution is 5.85. The number of fused-ring (bicyclic) bond motifs is 1. The Kier molecular flexibility index (Phi) is 3.22. The van der Waals surface area contributed by atoms with Crippen molar-refractivity contribution in [3.05, 3.63) is 28.6 Å². The Labute approximate surface area is 119 Å². The Balaban J connectivity index is 2.09. The molecule has 0 radical (unpaired) electrons. The summed E-state index contributed by atoms with van der Waals surface area (Å²) in [6.45, 7) is 1.04. The summed E-state index contributed by atoms with van der Waals surface area (Å²) < 4.78 is 5.25. The number of H-pyrrole nitrogens is 1. The summed E-state index contributed by atoms with van der Waals surface area (Å²) >= 11 is 0. The molecule has 3 rings (SSSR count). The van der Waals surface area contributed by atoms with Gasteiger partial charge < -0.3 is 21.1 Å². The summed E-state index contributed by atoms with van der Waals surface area (Å²) in [7, 11) is 0. The summed E-state index contributed by atoms with van der Waals surface area (Å²) in [6.07, 6.45) is 0. The van der Waals surface area contributed by atoms with Gasteiger partial charge in [0.2, 0.25) is 11.9 Å². The number of primary amides is 1. The van der Waals surface area contributed by atoms with Crippen molar-refractivity contribution in [2.75, 3.05) is 30.4 Å². The van der Waals surface area contributed by atoms with E-state index in [0.717, 1.165) is 0 Å². The van der Waals surface area contributed by atoms with Gasteiger partial charge in [0.05, 0.1) is 24.1 Å². The van der Waals surface area contributed by atoms with Crippen molar-refractivity contribution in [2.24, 2.45) is 5.73 Å². The zero-order chi connectivity index (χ0) is 15.0. The Bertz CT molecular complexity index is 757. The molecule has 1 amide bonds. The molecular formula is C13H15N5O3. The normalized spacial score (nSPS) is 18.9. The van der Waals surface area contributed by atoms with Gasteiger partial charge >= 0.3 is 0 Å². The minimum Gasteiger partial charge on any atom is -0.399 e. The van der Waals surface area contributed by atoms with Gasteiger partial charge in [-0.25, -0.2) is 4.98 Å². The Morgan fingerprint density at radius 1 is 1.48 bits per heavy atom. The molecule has 1 fully saturated rings. The molecule has 1 aliphatic heterocycles. The first-order chi connectivity index (χ1) is 10.1. The number of hydrogen-bond donors (Lipinski definition) is 3. The second kappa shape index (κ2) is 5.06. The maximum Gasteiger partial charge on any atom is 0.260 e. The fourth-order valence-corrected chi connectivity index (χ4v) is 2.37. The van der Waals surface area contributed by atoms with Gasteiger partial charge in [0.25, 0.3) is 5.56 Å². The van der Waals surface area contributed by atoms with Gasteiger partial charge in [-0.2, -0.15) is 0 Å². The number of morpholine rings is 1. The van der Waals surface area contributed by atoms with Gasteiger partial charge in [-0.1, -0.05) is 0 Å². The molecule has 1 atom stereocenters. The average Bonchev–Trinajstić information content (AvgIpc) is 2.47. The monoisotopic (exact) mass is 289 g/mol. The van der Waals surface area contributed by atoms with Gasteiger partial charge in [0, 0.05) is 12.2 Å². The van der Waals surface area contributed by atoms with Crippen LogP contribution in [0.5, 0.6) is 0 Å². The van der Waals surface area contributed by atoms with E-state index in [4.69, 9.17) is 16.2 Å². The first-order valence-electron chi connectivity index (χ1n) is 6.49. The molecule has 1 aliphatic rings. The highest BCUT2D eigenvalue weighted by Crippen LogP contribution is 2.18. The largest absolute Gasteiger partial charge is 0.399 e. The number of carbonyl (C=O) groups is 1. The highest BCUT2D eigenvalue weighted by Gasteiger charge is 2.29. The molecule has 8 heteroatoms. The van der Waals surface area contributed by atoms with Crippen molar-refractivity contribution in [2.45, 2.75) is 6.04 Å². The van der Waals surface area contributed by atoms with Crippen LogP contribution < -0.4 is 21.9 Å². The summed E-state index contributed by atoms with van der Waals surface area (Å²) in [5.41, 5.74) is 11.7. The van der Waals surface area contributed by atoms with E-state index >= 15 is 0 Å². The number of ether oxygens (including phenoxy) is 1. The van der Waals surface area contributed by atoms with E-state index in [1.54, 1.807) is 23.1 Å². The molecule has 0 bridgehead atoms. The maximum atomic E-state index is 12.1. The van der Waals surface area contributed by atoms with Gasteiger partial charge in [-0.15, -0.1) is 0 Å². The van der Waals surface area contributed by atoms with Gasteiger partial charge in [-0.05, 0) is 18.2 Å². The number of carbonyl (C=O) groups excluding carboxylic acids is 1. The fraction of sp³-hybridized carbons (Fsp3) is 0.308. The molecule has 2 heterocycles. The first kappa shape index (κ1) is 13.4. The molecule has 0 aliphatic carbocycles. The van der Waals surface area contributed by atoms with Crippen LogP contribution in [0.25, 0.3) is 10.9 Å². The second-order valence-electron chi connectivity index (χ2n) is 4.85. The van der Waals surface area contributed by atoms with Crippen molar-refractivity contribution >= 4 is 28.4 Å². The molecule has 1 unspecified atom stereocenters. The number of aromatic nitrogens is 2. The van der Waals surface area contributed by atoms with Crippen molar-refractivity contribution in [3.63, 3.8) is 0 Å². The number of aromatic amines is 1. The number of nitrogens with zero attached hydrogens (tertiary/aromatic N) is 2. The predicted molar refractivity (Wildman–Crippen MR) is 77.9 cm³/mol. The maximum absolute atomic E-state index is 12.1. The number of anilines is 2. The van der Waals surface area contributed by atoms with Crippen LogP contribution in [-0.4, -0.2) is 41.7 Å². The van der Waals surface area contributed by atoms with Gasteiger partial charge in [0.1, 0.15) is 6.04 Å². The van der Waals surface area contributed by atoms with E-state index in [0.29, 0.717) is 35.7 Å². The Hall–Kier alpha value is -2.61. The smallest absolute Gasteiger partial charge is 0.260 e. The molecule has 2 aromatic rings. The van der Waals surface area contributed by atoms with E-state index < -0.39 is 11.9 Å². The minimum absolute atomic E-state index is 0.179. The van der Waals surface area contributed by atoms with Crippen molar-refractivity contribution in [1.29, 1.82) is 0 Å². The molecule has 8 nitrogen and oxygen atoms in total. The summed E-state index contributed by atoms with van der Waals surface area (Å²) in [6, 6.07) is 4.26. The second-order valence-corrected chi connectivity index (χ2v) is 4.85. The van der Waals surface area contributed by atoms with Crippen LogP contribution in [-0.2, 0) is 9.53 Å². The van der Waals surface area contributed by atoms with Gasteiger partial charge in [-0.3, -0.25) is 14.6 Å². The van der Waals surface area contributed by atoms with Crippen molar-refractivity contribution in [3.8, 4) is 0 Å². The third-order valence-corrected chi connectivity index (χ3v) is 3.45. The lowest BCUT2D eigenvalue weighted by molar-refractivity contribution is -0.121. The van der Waals surface area contributed by atoms with Crippen LogP contribution in [0.15, 0.2) is 23.0 Å². The fourth-order valence-electron chi connectivity index (χ4n) is 2.37. The summed E-state index contributed by atoms with van der Waals surface area (Å²) in [5.74, 6) is -0.209. The molecule has 0 spiro atoms. The average molecular weight is 289 g/mol. The number of nitrogens with two attached hydrogens (primary N) is 2. The first-order valence-corrected chi connectivity index (χ1v) is 6.49. The predicted octanol–water partition coefficient (Wildman–Crippen LogP) is -0.804. The minimum atomic E-state index is -0.645. The van der Waals surface area contributed by atoms with Gasteiger partial charge in [0.15, 0.2) is 0 Å². The number of nitrogen functional groups attached to an aromatic ring is 1. The highest BCUT2D eigenvalue weighted by atomic mass is 16.5. The van der Waals surface area contributed by atoms with E-state index in [1.807, 2.05) is 0 Å². The van der Waals surface area contributed by atoms with Crippen LogP contribution >= 0.6 is 0 Å². The topological polar surface area (TPSA) is 127 Å². The molecule has 0 saturated carbocycles. The van der Waals surface area contributed by atoms with Crippen LogP contribution in [0.1, 0.15) is 0 Å². The quantitative estimate of drug-likeness (QED) is 0.621.